The maximum absolute atomic E-state index is 13.1. The van der Waals surface area contributed by atoms with Crippen LogP contribution in [0.3, 0.4) is 0 Å². The third kappa shape index (κ3) is 4.52. The predicted octanol–water partition coefficient (Wildman–Crippen LogP) is 5.03. The number of aromatic nitrogens is 2. The number of hydrogen-bond acceptors (Lipinski definition) is 6. The molecule has 8 heteroatoms. The average Bonchev–Trinajstić information content (AvgIpc) is 3.13. The minimum absolute atomic E-state index is 0.186. The van der Waals surface area contributed by atoms with Gasteiger partial charge in [0.05, 0.1) is 0 Å². The maximum atomic E-state index is 13.1. The molecule has 1 atom stereocenters. The summed E-state index contributed by atoms with van der Waals surface area (Å²) in [5, 5.41) is 7.13. The zero-order valence-corrected chi connectivity index (χ0v) is 18.1. The lowest BCUT2D eigenvalue weighted by Gasteiger charge is -2.25. The molecule has 154 valence electrons. The van der Waals surface area contributed by atoms with Gasteiger partial charge in [-0.1, -0.05) is 78.8 Å². The largest absolute Gasteiger partial charge is 0.352 e. The first-order valence-electron chi connectivity index (χ1n) is 9.79. The number of halogens is 1. The monoisotopic (exact) mass is 439 g/mol. The first-order valence-corrected chi connectivity index (χ1v) is 11.2. The fourth-order valence-electron chi connectivity index (χ4n) is 3.22. The highest BCUT2D eigenvalue weighted by Crippen LogP contribution is 2.40. The van der Waals surface area contributed by atoms with Crippen molar-refractivity contribution in [3.63, 3.8) is 0 Å². The fourth-order valence-corrected chi connectivity index (χ4v) is 4.18. The fraction of sp³-hybridized carbons (Fsp3) is 0.227. The van der Waals surface area contributed by atoms with E-state index in [-0.39, 0.29) is 5.91 Å². The number of benzene rings is 2. The molecule has 30 heavy (non-hydrogen) atoms. The molecule has 0 saturated heterocycles. The molecule has 4 rings (SSSR count). The number of anilines is 3. The molecule has 3 aromatic rings. The Kier molecular flexibility index (Phi) is 6.40. The van der Waals surface area contributed by atoms with E-state index in [1.165, 1.54) is 0 Å². The smallest absolute Gasteiger partial charge is 0.267 e. The van der Waals surface area contributed by atoms with E-state index in [1.54, 1.807) is 11.8 Å². The lowest BCUT2D eigenvalue weighted by atomic mass is 10.2. The number of nitrogens with zero attached hydrogens (tertiary/aromatic N) is 3. The van der Waals surface area contributed by atoms with Crippen molar-refractivity contribution in [2.24, 2.45) is 0 Å². The van der Waals surface area contributed by atoms with Crippen LogP contribution in [0, 0.1) is 0 Å². The first kappa shape index (κ1) is 20.5. The molecular formula is C22H22ClN5OS. The molecule has 2 aromatic carbocycles. The van der Waals surface area contributed by atoms with Crippen LogP contribution < -0.4 is 15.5 Å². The van der Waals surface area contributed by atoms with Crippen molar-refractivity contribution in [3.05, 3.63) is 71.4 Å². The molecule has 0 spiro atoms. The van der Waals surface area contributed by atoms with Gasteiger partial charge in [0.15, 0.2) is 22.3 Å². The molecule has 1 aliphatic heterocycles. The van der Waals surface area contributed by atoms with E-state index in [1.807, 2.05) is 65.6 Å². The molecule has 0 saturated carbocycles. The summed E-state index contributed by atoms with van der Waals surface area (Å²) in [6.45, 7) is 2.62. The van der Waals surface area contributed by atoms with Gasteiger partial charge in [0, 0.05) is 18.0 Å². The van der Waals surface area contributed by atoms with Crippen molar-refractivity contribution < 1.29 is 4.79 Å². The molecule has 2 heterocycles. The molecule has 0 bridgehead atoms. The SMILES string of the molecule is CCCSc1nc(Cl)c2c(n1)N(Cc1ccccc1)C(C(=O)Nc1ccccc1)N2. The van der Waals surface area contributed by atoms with Gasteiger partial charge in [0.25, 0.3) is 5.91 Å². The summed E-state index contributed by atoms with van der Waals surface area (Å²) >= 11 is 8.03. The lowest BCUT2D eigenvalue weighted by Crippen LogP contribution is -2.45. The van der Waals surface area contributed by atoms with Crippen LogP contribution in [0.1, 0.15) is 18.9 Å². The second-order valence-corrected chi connectivity index (χ2v) is 8.28. The van der Waals surface area contributed by atoms with Crippen LogP contribution in [0.2, 0.25) is 5.15 Å². The van der Waals surface area contributed by atoms with Crippen LogP contribution in [0.4, 0.5) is 17.2 Å². The second-order valence-electron chi connectivity index (χ2n) is 6.86. The molecular weight excluding hydrogens is 418 g/mol. The summed E-state index contributed by atoms with van der Waals surface area (Å²) in [6, 6.07) is 19.4. The zero-order chi connectivity index (χ0) is 20.9. The molecule has 1 unspecified atom stereocenters. The minimum atomic E-state index is -0.654. The van der Waals surface area contributed by atoms with E-state index in [2.05, 4.69) is 22.5 Å². The number of rotatable bonds is 7. The van der Waals surface area contributed by atoms with Crippen LogP contribution in [-0.4, -0.2) is 27.8 Å². The van der Waals surface area contributed by atoms with Crippen LogP contribution in [0.5, 0.6) is 0 Å². The average molecular weight is 440 g/mol. The van der Waals surface area contributed by atoms with Crippen molar-refractivity contribution in [2.75, 3.05) is 21.3 Å². The van der Waals surface area contributed by atoms with E-state index in [0.29, 0.717) is 28.4 Å². The predicted molar refractivity (Wildman–Crippen MR) is 123 cm³/mol. The number of fused-ring (bicyclic) bond motifs is 1. The zero-order valence-electron chi connectivity index (χ0n) is 16.5. The highest BCUT2D eigenvalue weighted by Gasteiger charge is 2.37. The Morgan fingerprint density at radius 1 is 1.13 bits per heavy atom. The lowest BCUT2D eigenvalue weighted by molar-refractivity contribution is -0.116. The van der Waals surface area contributed by atoms with Gasteiger partial charge in [0.1, 0.15) is 5.69 Å². The summed E-state index contributed by atoms with van der Waals surface area (Å²) in [5.74, 6) is 1.36. The van der Waals surface area contributed by atoms with Gasteiger partial charge < -0.3 is 15.5 Å². The van der Waals surface area contributed by atoms with E-state index >= 15 is 0 Å². The molecule has 1 aromatic heterocycles. The number of carbonyl (C=O) groups excluding carboxylic acids is 1. The number of para-hydroxylation sites is 1. The topological polar surface area (TPSA) is 70.2 Å². The van der Waals surface area contributed by atoms with Crippen LogP contribution in [-0.2, 0) is 11.3 Å². The summed E-state index contributed by atoms with van der Waals surface area (Å²) in [7, 11) is 0. The molecule has 1 amide bonds. The number of nitrogens with one attached hydrogen (secondary N) is 2. The highest BCUT2D eigenvalue weighted by atomic mass is 35.5. The van der Waals surface area contributed by atoms with E-state index < -0.39 is 6.17 Å². The standard InChI is InChI=1S/C22H22ClN5OS/c1-2-13-30-22-26-18(23)17-19(27-22)28(14-15-9-5-3-6-10-15)20(25-17)21(29)24-16-11-7-4-8-12-16/h3-12,20,25H,2,13-14H2,1H3,(H,24,29). The van der Waals surface area contributed by atoms with Crippen molar-refractivity contribution in [3.8, 4) is 0 Å². The van der Waals surface area contributed by atoms with Gasteiger partial charge in [-0.3, -0.25) is 4.79 Å². The molecule has 6 nitrogen and oxygen atoms in total. The summed E-state index contributed by atoms with van der Waals surface area (Å²) in [5.41, 5.74) is 2.39. The number of thioether (sulfide) groups is 1. The Morgan fingerprint density at radius 2 is 1.83 bits per heavy atom. The Labute approximate surface area is 185 Å². The van der Waals surface area contributed by atoms with Gasteiger partial charge in [-0.15, -0.1) is 0 Å². The number of hydrogen-bond donors (Lipinski definition) is 2. The minimum Gasteiger partial charge on any atom is -0.352 e. The van der Waals surface area contributed by atoms with Gasteiger partial charge >= 0.3 is 0 Å². The Bertz CT molecular complexity index is 1020. The summed E-state index contributed by atoms with van der Waals surface area (Å²) in [6.07, 6.45) is 0.357. The summed E-state index contributed by atoms with van der Waals surface area (Å²) in [4.78, 5) is 24.2. The van der Waals surface area contributed by atoms with Gasteiger partial charge in [-0.2, -0.15) is 0 Å². The van der Waals surface area contributed by atoms with Crippen molar-refractivity contribution in [1.29, 1.82) is 0 Å². The van der Waals surface area contributed by atoms with Crippen molar-refractivity contribution >= 4 is 46.5 Å². The highest BCUT2D eigenvalue weighted by molar-refractivity contribution is 7.99. The number of carbonyl (C=O) groups is 1. The quantitative estimate of drug-likeness (QED) is 0.305. The number of amides is 1. The Hall–Kier alpha value is -2.77. The van der Waals surface area contributed by atoms with Gasteiger partial charge in [-0.25, -0.2) is 9.97 Å². The molecule has 0 aliphatic carbocycles. The second kappa shape index (κ2) is 9.36. The van der Waals surface area contributed by atoms with E-state index in [0.717, 1.165) is 23.4 Å². The maximum Gasteiger partial charge on any atom is 0.267 e. The van der Waals surface area contributed by atoms with Crippen LogP contribution in [0.15, 0.2) is 65.8 Å². The Morgan fingerprint density at radius 3 is 2.53 bits per heavy atom. The van der Waals surface area contributed by atoms with E-state index in [9.17, 15) is 4.79 Å². The molecule has 0 fully saturated rings. The van der Waals surface area contributed by atoms with Crippen LogP contribution in [0.25, 0.3) is 0 Å². The Balaban J connectivity index is 1.66. The van der Waals surface area contributed by atoms with Crippen molar-refractivity contribution in [2.45, 2.75) is 31.2 Å². The molecule has 1 aliphatic rings. The normalized spacial score (nSPS) is 14.9. The van der Waals surface area contributed by atoms with Gasteiger partial charge in [-0.05, 0) is 24.1 Å². The molecule has 2 N–H and O–H groups in total. The van der Waals surface area contributed by atoms with Crippen LogP contribution >= 0.6 is 23.4 Å². The van der Waals surface area contributed by atoms with E-state index in [4.69, 9.17) is 16.6 Å². The third-order valence-corrected chi connectivity index (χ3v) is 5.94. The summed E-state index contributed by atoms with van der Waals surface area (Å²) < 4.78 is 0. The molecule has 0 radical (unpaired) electrons. The van der Waals surface area contributed by atoms with Crippen molar-refractivity contribution in [1.82, 2.24) is 9.97 Å². The first-order chi connectivity index (χ1) is 14.7. The third-order valence-electron chi connectivity index (χ3n) is 4.61. The van der Waals surface area contributed by atoms with Gasteiger partial charge in [0.2, 0.25) is 0 Å².